The second-order valence-corrected chi connectivity index (χ2v) is 12.2. The van der Waals surface area contributed by atoms with Crippen LogP contribution in [0.25, 0.3) is 0 Å². The van der Waals surface area contributed by atoms with E-state index in [0.717, 1.165) is 0 Å². The fourth-order valence-corrected chi connectivity index (χ4v) is 5.06. The number of aryl methyl sites for hydroxylation is 2. The maximum Gasteiger partial charge on any atom is 0.373 e. The van der Waals surface area contributed by atoms with Crippen molar-refractivity contribution >= 4 is 17.9 Å². The molecule has 2 heterocycles. The van der Waals surface area contributed by atoms with Crippen LogP contribution in [0.2, 0.25) is 0 Å². The quantitative estimate of drug-likeness (QED) is 0.197. The first-order valence-corrected chi connectivity index (χ1v) is 13.2. The van der Waals surface area contributed by atoms with Crippen molar-refractivity contribution in [3.05, 3.63) is 93.0 Å². The molecule has 2 aliphatic rings. The highest BCUT2D eigenvalue weighted by atomic mass is 17.2. The van der Waals surface area contributed by atoms with E-state index in [1.54, 1.807) is 79.7 Å². The summed E-state index contributed by atoms with van der Waals surface area (Å²) in [7, 11) is 0. The fourth-order valence-electron chi connectivity index (χ4n) is 5.06. The highest BCUT2D eigenvalue weighted by Gasteiger charge is 2.55. The van der Waals surface area contributed by atoms with Crippen LogP contribution in [0.3, 0.4) is 0 Å². The van der Waals surface area contributed by atoms with Crippen LogP contribution in [0.4, 0.5) is 0 Å². The molecule has 0 bridgehead atoms. The molecule has 41 heavy (non-hydrogen) atoms. The van der Waals surface area contributed by atoms with Gasteiger partial charge in [0.15, 0.2) is 5.60 Å². The third-order valence-electron chi connectivity index (χ3n) is 6.50. The van der Waals surface area contributed by atoms with Crippen LogP contribution in [-0.4, -0.2) is 29.1 Å². The van der Waals surface area contributed by atoms with Gasteiger partial charge in [-0.3, -0.25) is 9.78 Å². The Kier molecular flexibility index (Phi) is 6.71. The molecule has 2 aliphatic heterocycles. The lowest BCUT2D eigenvalue weighted by Crippen LogP contribution is -2.35. The van der Waals surface area contributed by atoms with Crippen molar-refractivity contribution in [3.8, 4) is 11.5 Å². The minimum atomic E-state index is -1.39. The Morgan fingerprint density at radius 1 is 0.732 bits per heavy atom. The average Bonchev–Trinajstić information content (AvgIpc) is 3.16. The second kappa shape index (κ2) is 9.71. The Balaban J connectivity index is 1.69. The van der Waals surface area contributed by atoms with Gasteiger partial charge in [0.2, 0.25) is 0 Å². The van der Waals surface area contributed by atoms with E-state index in [-0.39, 0.29) is 22.6 Å². The third-order valence-corrected chi connectivity index (χ3v) is 6.50. The lowest BCUT2D eigenvalue weighted by atomic mass is 9.74. The number of carbonyl (C=O) groups is 3. The Morgan fingerprint density at radius 2 is 1.20 bits per heavy atom. The van der Waals surface area contributed by atoms with Gasteiger partial charge in [0, 0.05) is 5.56 Å². The van der Waals surface area contributed by atoms with Crippen molar-refractivity contribution in [3.63, 3.8) is 0 Å². The Labute approximate surface area is 238 Å². The van der Waals surface area contributed by atoms with E-state index in [9.17, 15) is 14.4 Å². The van der Waals surface area contributed by atoms with Gasteiger partial charge in [-0.25, -0.2) is 14.4 Å². The molecule has 0 saturated carbocycles. The molecule has 0 aliphatic carbocycles. The highest BCUT2D eigenvalue weighted by molar-refractivity contribution is 5.98. The molecule has 0 unspecified atom stereocenters. The van der Waals surface area contributed by atoms with E-state index in [1.807, 2.05) is 12.1 Å². The number of ether oxygens (including phenoxy) is 2. The Hall–Kier alpha value is -4.21. The maximum absolute atomic E-state index is 13.2. The molecule has 0 amide bonds. The fraction of sp³-hybridized carbons (Fsp3) is 0.344. The van der Waals surface area contributed by atoms with Gasteiger partial charge in [0.1, 0.15) is 22.7 Å². The number of hydrogen-bond donors (Lipinski definition) is 0. The van der Waals surface area contributed by atoms with Crippen molar-refractivity contribution in [1.29, 1.82) is 0 Å². The summed E-state index contributed by atoms with van der Waals surface area (Å²) in [5.41, 5.74) is 0.952. The predicted molar refractivity (Wildman–Crippen MR) is 147 cm³/mol. The topological polar surface area (TPSA) is 107 Å². The number of benzene rings is 3. The van der Waals surface area contributed by atoms with Gasteiger partial charge in [-0.15, -0.1) is 0 Å². The number of fused-ring (bicyclic) bond motifs is 6. The molecule has 0 aromatic heterocycles. The van der Waals surface area contributed by atoms with Crippen LogP contribution in [0.15, 0.2) is 48.5 Å². The van der Waals surface area contributed by atoms with Crippen molar-refractivity contribution in [1.82, 2.24) is 0 Å². The van der Waals surface area contributed by atoms with Gasteiger partial charge >= 0.3 is 17.9 Å². The molecule has 214 valence electrons. The summed E-state index contributed by atoms with van der Waals surface area (Å²) in [4.78, 5) is 59.7. The number of rotatable bonds is 4. The van der Waals surface area contributed by atoms with E-state index in [4.69, 9.17) is 29.0 Å². The zero-order chi connectivity index (χ0) is 29.9. The minimum absolute atomic E-state index is 0.174. The number of esters is 1. The molecule has 0 atom stereocenters. The summed E-state index contributed by atoms with van der Waals surface area (Å²) in [6, 6.07) is 13.4. The Morgan fingerprint density at radius 3 is 1.66 bits per heavy atom. The van der Waals surface area contributed by atoms with Gasteiger partial charge in [0.25, 0.3) is 0 Å². The van der Waals surface area contributed by atoms with E-state index in [0.29, 0.717) is 33.4 Å². The highest BCUT2D eigenvalue weighted by Crippen LogP contribution is 2.58. The van der Waals surface area contributed by atoms with Gasteiger partial charge in [0.05, 0.1) is 27.8 Å². The summed E-state index contributed by atoms with van der Waals surface area (Å²) in [5.74, 6) is -1.40. The number of hydrogen-bond acceptors (Lipinski definition) is 9. The number of carbonyl (C=O) groups excluding carboxylic acids is 3. The molecule has 0 fully saturated rings. The minimum Gasteiger partial charge on any atom is -0.456 e. The molecule has 5 rings (SSSR count). The molecule has 0 saturated heterocycles. The van der Waals surface area contributed by atoms with Gasteiger partial charge in [-0.2, -0.15) is 9.78 Å². The average molecular weight is 561 g/mol. The van der Waals surface area contributed by atoms with Crippen molar-refractivity contribution in [2.24, 2.45) is 0 Å². The molecule has 0 N–H and O–H groups in total. The normalized spacial score (nSPS) is 14.9. The van der Waals surface area contributed by atoms with Gasteiger partial charge in [-0.05, 0) is 96.8 Å². The molecule has 1 spiro atoms. The second-order valence-electron chi connectivity index (χ2n) is 12.2. The standard InChI is InChI=1S/C32H32O9/c1-17-13-19(27(33)38-40-30(3,4)5)15-23-25(17)32(22-12-10-9-11-21(22)29(35)37-32)26-18(2)14-20(16-24(26)36-23)28(34)39-41-31(6,7)8/h9-16H,1-8H3. The summed E-state index contributed by atoms with van der Waals surface area (Å²) < 4.78 is 12.6. The molecular formula is C32H32O9. The van der Waals surface area contributed by atoms with Crippen LogP contribution in [-0.2, 0) is 29.9 Å². The molecule has 3 aromatic rings. The van der Waals surface area contributed by atoms with Crippen LogP contribution in [0.1, 0.15) is 100 Å². The summed E-state index contributed by atoms with van der Waals surface area (Å²) in [6.45, 7) is 14.1. The first-order valence-electron chi connectivity index (χ1n) is 13.2. The van der Waals surface area contributed by atoms with Crippen LogP contribution in [0.5, 0.6) is 11.5 Å². The van der Waals surface area contributed by atoms with E-state index in [1.165, 1.54) is 12.1 Å². The molecule has 3 aromatic carbocycles. The largest absolute Gasteiger partial charge is 0.456 e. The SMILES string of the molecule is Cc1cc(C(=O)OOC(C)(C)C)cc2c1C1(OC(=O)c3ccccc31)c1c(C)cc(C(=O)OOC(C)(C)C)cc1O2. The first-order chi connectivity index (χ1) is 19.1. The van der Waals surface area contributed by atoms with E-state index >= 15 is 0 Å². The van der Waals surface area contributed by atoms with Crippen LogP contribution < -0.4 is 4.74 Å². The van der Waals surface area contributed by atoms with E-state index < -0.39 is 34.7 Å². The molecular weight excluding hydrogens is 528 g/mol. The van der Waals surface area contributed by atoms with Crippen LogP contribution >= 0.6 is 0 Å². The predicted octanol–water partition coefficient (Wildman–Crippen LogP) is 6.65. The van der Waals surface area contributed by atoms with Gasteiger partial charge < -0.3 is 9.47 Å². The summed E-state index contributed by atoms with van der Waals surface area (Å²) in [6.07, 6.45) is 0. The Bertz CT molecular complexity index is 1500. The maximum atomic E-state index is 13.2. The van der Waals surface area contributed by atoms with Crippen molar-refractivity contribution in [2.75, 3.05) is 0 Å². The zero-order valence-corrected chi connectivity index (χ0v) is 24.3. The van der Waals surface area contributed by atoms with E-state index in [2.05, 4.69) is 0 Å². The monoisotopic (exact) mass is 560 g/mol. The molecule has 9 nitrogen and oxygen atoms in total. The molecule has 9 heteroatoms. The van der Waals surface area contributed by atoms with Crippen molar-refractivity contribution in [2.45, 2.75) is 72.2 Å². The summed E-state index contributed by atoms with van der Waals surface area (Å²) >= 11 is 0. The molecule has 0 radical (unpaired) electrons. The summed E-state index contributed by atoms with van der Waals surface area (Å²) in [5, 5.41) is 0. The van der Waals surface area contributed by atoms with Crippen molar-refractivity contribution < 1.29 is 43.4 Å². The smallest absolute Gasteiger partial charge is 0.373 e. The third kappa shape index (κ3) is 5.07. The zero-order valence-electron chi connectivity index (χ0n) is 24.3. The lowest BCUT2D eigenvalue weighted by Gasteiger charge is -2.39. The lowest BCUT2D eigenvalue weighted by molar-refractivity contribution is -0.301. The first kappa shape index (κ1) is 28.3. The van der Waals surface area contributed by atoms with Gasteiger partial charge in [-0.1, -0.05) is 18.2 Å². The van der Waals surface area contributed by atoms with Crippen LogP contribution in [0, 0.1) is 13.8 Å².